The van der Waals surface area contributed by atoms with Gasteiger partial charge in [0.2, 0.25) is 0 Å². The summed E-state index contributed by atoms with van der Waals surface area (Å²) < 4.78 is 0. The molecule has 0 aliphatic rings. The highest BCUT2D eigenvalue weighted by molar-refractivity contribution is 5.14. The molecule has 0 amide bonds. The Bertz CT molecular complexity index is 310. The molecule has 2 unspecified atom stereocenters. The predicted octanol–water partition coefficient (Wildman–Crippen LogP) is 3.07. The zero-order valence-corrected chi connectivity index (χ0v) is 12.1. The van der Waals surface area contributed by atoms with E-state index in [2.05, 4.69) is 56.0 Å². The van der Waals surface area contributed by atoms with Crippen LogP contribution in [0.1, 0.15) is 39.2 Å². The molecule has 0 bridgehead atoms. The van der Waals surface area contributed by atoms with Crippen molar-refractivity contribution in [2.24, 2.45) is 5.73 Å². The second-order valence-corrected chi connectivity index (χ2v) is 5.13. The molecule has 1 rings (SSSR count). The van der Waals surface area contributed by atoms with Crippen molar-refractivity contribution < 1.29 is 0 Å². The summed E-state index contributed by atoms with van der Waals surface area (Å²) in [5.41, 5.74) is 7.64. The van der Waals surface area contributed by atoms with E-state index in [1.54, 1.807) is 0 Å². The van der Waals surface area contributed by atoms with Crippen LogP contribution in [-0.2, 0) is 6.42 Å². The van der Waals surface area contributed by atoms with Crippen LogP contribution in [0.15, 0.2) is 30.3 Å². The largest absolute Gasteiger partial charge is 0.327 e. The third-order valence-corrected chi connectivity index (χ3v) is 3.74. The van der Waals surface area contributed by atoms with Crippen LogP contribution in [0.2, 0.25) is 0 Å². The number of hydrogen-bond acceptors (Lipinski definition) is 2. The fourth-order valence-electron chi connectivity index (χ4n) is 2.27. The number of nitrogens with zero attached hydrogens (tertiary/aromatic N) is 1. The minimum Gasteiger partial charge on any atom is -0.327 e. The van der Waals surface area contributed by atoms with Crippen molar-refractivity contribution in [3.63, 3.8) is 0 Å². The standard InChI is InChI=1S/C16H28N2/c1-4-14(3)18(5-2)13-16(17)12-11-15-9-7-6-8-10-15/h6-10,14,16H,4-5,11-13,17H2,1-3H3. The first-order valence-electron chi connectivity index (χ1n) is 7.20. The third-order valence-electron chi connectivity index (χ3n) is 3.74. The van der Waals surface area contributed by atoms with Gasteiger partial charge in [0.05, 0.1) is 0 Å². The van der Waals surface area contributed by atoms with Gasteiger partial charge in [-0.25, -0.2) is 0 Å². The van der Waals surface area contributed by atoms with Crippen LogP contribution in [0.4, 0.5) is 0 Å². The molecule has 0 saturated heterocycles. The molecule has 2 atom stereocenters. The lowest BCUT2D eigenvalue weighted by molar-refractivity contribution is 0.199. The van der Waals surface area contributed by atoms with Crippen molar-refractivity contribution in [2.75, 3.05) is 13.1 Å². The highest BCUT2D eigenvalue weighted by Crippen LogP contribution is 2.08. The Labute approximate surface area is 112 Å². The molecule has 102 valence electrons. The third kappa shape index (κ3) is 5.19. The van der Waals surface area contributed by atoms with Gasteiger partial charge in [-0.1, -0.05) is 44.2 Å². The summed E-state index contributed by atoms with van der Waals surface area (Å²) in [6, 6.07) is 11.5. The SMILES string of the molecule is CCC(C)N(CC)CC(N)CCc1ccccc1. The summed E-state index contributed by atoms with van der Waals surface area (Å²) >= 11 is 0. The first-order valence-corrected chi connectivity index (χ1v) is 7.20. The Morgan fingerprint density at radius 1 is 1.17 bits per heavy atom. The van der Waals surface area contributed by atoms with Gasteiger partial charge >= 0.3 is 0 Å². The quantitative estimate of drug-likeness (QED) is 0.766. The van der Waals surface area contributed by atoms with Crippen LogP contribution in [0.3, 0.4) is 0 Å². The smallest absolute Gasteiger partial charge is 0.0171 e. The molecule has 0 heterocycles. The molecule has 1 aromatic rings. The lowest BCUT2D eigenvalue weighted by Gasteiger charge is -2.29. The summed E-state index contributed by atoms with van der Waals surface area (Å²) in [7, 11) is 0. The molecule has 0 aliphatic heterocycles. The summed E-state index contributed by atoms with van der Waals surface area (Å²) in [6.07, 6.45) is 3.34. The van der Waals surface area contributed by atoms with E-state index in [0.29, 0.717) is 6.04 Å². The van der Waals surface area contributed by atoms with E-state index in [1.165, 1.54) is 12.0 Å². The minimum absolute atomic E-state index is 0.277. The van der Waals surface area contributed by atoms with Gasteiger partial charge in [0.15, 0.2) is 0 Å². The van der Waals surface area contributed by atoms with Crippen molar-refractivity contribution in [2.45, 2.75) is 52.1 Å². The molecule has 1 aromatic carbocycles. The highest BCUT2D eigenvalue weighted by atomic mass is 15.2. The Kier molecular flexibility index (Phi) is 6.99. The Hall–Kier alpha value is -0.860. The van der Waals surface area contributed by atoms with E-state index in [-0.39, 0.29) is 6.04 Å². The first-order chi connectivity index (χ1) is 8.67. The van der Waals surface area contributed by atoms with Crippen molar-refractivity contribution >= 4 is 0 Å². The fraction of sp³-hybridized carbons (Fsp3) is 0.625. The average molecular weight is 248 g/mol. The van der Waals surface area contributed by atoms with Gasteiger partial charge in [-0.2, -0.15) is 0 Å². The summed E-state index contributed by atoms with van der Waals surface area (Å²) in [4.78, 5) is 2.48. The highest BCUT2D eigenvalue weighted by Gasteiger charge is 2.13. The van der Waals surface area contributed by atoms with Crippen LogP contribution in [0, 0.1) is 0 Å². The maximum absolute atomic E-state index is 6.25. The summed E-state index contributed by atoms with van der Waals surface area (Å²) in [5, 5.41) is 0. The number of likely N-dealkylation sites (N-methyl/N-ethyl adjacent to an activating group) is 1. The second kappa shape index (κ2) is 8.28. The molecule has 0 aromatic heterocycles. The van der Waals surface area contributed by atoms with Crippen molar-refractivity contribution in [3.05, 3.63) is 35.9 Å². The fourth-order valence-corrected chi connectivity index (χ4v) is 2.27. The van der Waals surface area contributed by atoms with Crippen LogP contribution in [0.5, 0.6) is 0 Å². The predicted molar refractivity (Wildman–Crippen MR) is 79.7 cm³/mol. The van der Waals surface area contributed by atoms with Crippen LogP contribution in [-0.4, -0.2) is 30.1 Å². The lowest BCUT2D eigenvalue weighted by atomic mass is 10.0. The van der Waals surface area contributed by atoms with E-state index in [9.17, 15) is 0 Å². The maximum atomic E-state index is 6.25. The van der Waals surface area contributed by atoms with Crippen LogP contribution in [0.25, 0.3) is 0 Å². The average Bonchev–Trinajstić information content (AvgIpc) is 2.42. The Morgan fingerprint density at radius 3 is 2.39 bits per heavy atom. The number of nitrogens with two attached hydrogens (primary N) is 1. The lowest BCUT2D eigenvalue weighted by Crippen LogP contribution is -2.42. The van der Waals surface area contributed by atoms with E-state index < -0.39 is 0 Å². The molecule has 2 N–H and O–H groups in total. The van der Waals surface area contributed by atoms with Gasteiger partial charge in [0.1, 0.15) is 0 Å². The van der Waals surface area contributed by atoms with E-state index in [4.69, 9.17) is 5.73 Å². The van der Waals surface area contributed by atoms with Gasteiger partial charge < -0.3 is 5.73 Å². The number of rotatable bonds is 8. The van der Waals surface area contributed by atoms with E-state index >= 15 is 0 Å². The Morgan fingerprint density at radius 2 is 1.83 bits per heavy atom. The van der Waals surface area contributed by atoms with Crippen LogP contribution >= 0.6 is 0 Å². The van der Waals surface area contributed by atoms with Gasteiger partial charge in [0, 0.05) is 18.6 Å². The van der Waals surface area contributed by atoms with E-state index in [0.717, 1.165) is 25.9 Å². The van der Waals surface area contributed by atoms with Crippen molar-refractivity contribution in [3.8, 4) is 0 Å². The number of aryl methyl sites for hydroxylation is 1. The van der Waals surface area contributed by atoms with Gasteiger partial charge in [0.25, 0.3) is 0 Å². The normalized spacial score (nSPS) is 14.7. The molecule has 2 heteroatoms. The zero-order valence-electron chi connectivity index (χ0n) is 12.1. The molecule has 0 radical (unpaired) electrons. The van der Waals surface area contributed by atoms with Gasteiger partial charge in [-0.3, -0.25) is 4.90 Å². The molecule has 0 aliphatic carbocycles. The molecule has 0 saturated carbocycles. The zero-order chi connectivity index (χ0) is 13.4. The van der Waals surface area contributed by atoms with Crippen LogP contribution < -0.4 is 5.73 Å². The summed E-state index contributed by atoms with van der Waals surface area (Å²) in [5.74, 6) is 0. The van der Waals surface area contributed by atoms with E-state index in [1.807, 2.05) is 0 Å². The van der Waals surface area contributed by atoms with Gasteiger partial charge in [-0.05, 0) is 38.3 Å². The molecular formula is C16H28N2. The monoisotopic (exact) mass is 248 g/mol. The van der Waals surface area contributed by atoms with Crippen molar-refractivity contribution in [1.29, 1.82) is 0 Å². The maximum Gasteiger partial charge on any atom is 0.0171 e. The molecular weight excluding hydrogens is 220 g/mol. The molecule has 2 nitrogen and oxygen atoms in total. The number of hydrogen-bond donors (Lipinski definition) is 1. The van der Waals surface area contributed by atoms with Crippen molar-refractivity contribution in [1.82, 2.24) is 4.90 Å². The first kappa shape index (κ1) is 15.2. The molecule has 0 fully saturated rings. The Balaban J connectivity index is 2.34. The van der Waals surface area contributed by atoms with Gasteiger partial charge in [-0.15, -0.1) is 0 Å². The second-order valence-electron chi connectivity index (χ2n) is 5.13. The number of benzene rings is 1. The molecule has 0 spiro atoms. The minimum atomic E-state index is 0.277. The molecule has 18 heavy (non-hydrogen) atoms. The summed E-state index contributed by atoms with van der Waals surface area (Å²) in [6.45, 7) is 8.85. The topological polar surface area (TPSA) is 29.3 Å².